The van der Waals surface area contributed by atoms with E-state index in [1.807, 2.05) is 6.92 Å². The minimum atomic E-state index is -0.636. The van der Waals surface area contributed by atoms with Crippen molar-refractivity contribution in [3.05, 3.63) is 0 Å². The molecular weight excluding hydrogens is 170 g/mol. The van der Waals surface area contributed by atoms with Gasteiger partial charge in [0.15, 0.2) is 6.23 Å². The Kier molecular flexibility index (Phi) is 3.67. The van der Waals surface area contributed by atoms with E-state index >= 15 is 0 Å². The molecule has 0 aromatic heterocycles. The lowest BCUT2D eigenvalue weighted by molar-refractivity contribution is -0.323. The number of morpholine rings is 1. The quantitative estimate of drug-likeness (QED) is 0.653. The predicted molar refractivity (Wildman–Crippen MR) is 49.4 cm³/mol. The van der Waals surface area contributed by atoms with E-state index in [2.05, 4.69) is 11.8 Å². The number of likely N-dealkylation sites (N-methyl/N-ethyl adjacent to an activating group) is 1. The number of ether oxygens (including phenoxy) is 3. The van der Waals surface area contributed by atoms with Crippen LogP contribution in [0.4, 0.5) is 0 Å². The normalized spacial score (nSPS) is 36.5. The lowest BCUT2D eigenvalue weighted by atomic mass is 10.2. The number of hydrogen-bond acceptors (Lipinski definition) is 4. The van der Waals surface area contributed by atoms with Crippen LogP contribution in [-0.4, -0.2) is 50.8 Å². The Balaban J connectivity index is 2.72. The molecule has 1 saturated heterocycles. The zero-order valence-electron chi connectivity index (χ0n) is 8.87. The molecule has 0 aliphatic carbocycles. The third-order valence-electron chi connectivity index (χ3n) is 2.58. The molecule has 0 radical (unpaired) electrons. The molecule has 0 N–H and O–H groups in total. The van der Waals surface area contributed by atoms with Gasteiger partial charge in [0.05, 0.1) is 6.61 Å². The van der Waals surface area contributed by atoms with Gasteiger partial charge in [0.2, 0.25) is 5.79 Å². The monoisotopic (exact) mass is 189 g/mol. The maximum Gasteiger partial charge on any atom is 0.205 e. The standard InChI is InChI=1S/C9H19NO3/c1-5-10-6-7-13-9(2,12-4)8(10)11-3/h8H,5-7H2,1-4H3. The van der Waals surface area contributed by atoms with Crippen LogP contribution in [-0.2, 0) is 14.2 Å². The van der Waals surface area contributed by atoms with E-state index in [9.17, 15) is 0 Å². The summed E-state index contributed by atoms with van der Waals surface area (Å²) in [6, 6.07) is 0. The third-order valence-corrected chi connectivity index (χ3v) is 2.58. The van der Waals surface area contributed by atoms with Gasteiger partial charge in [0, 0.05) is 20.8 Å². The van der Waals surface area contributed by atoms with Crippen LogP contribution in [0.3, 0.4) is 0 Å². The molecule has 1 aliphatic heterocycles. The van der Waals surface area contributed by atoms with Crippen LogP contribution in [0.15, 0.2) is 0 Å². The largest absolute Gasteiger partial charge is 0.361 e. The average Bonchev–Trinajstić information content (AvgIpc) is 2.17. The molecule has 0 aromatic carbocycles. The van der Waals surface area contributed by atoms with Gasteiger partial charge in [-0.15, -0.1) is 0 Å². The van der Waals surface area contributed by atoms with E-state index in [1.54, 1.807) is 14.2 Å². The molecular formula is C9H19NO3. The van der Waals surface area contributed by atoms with Gasteiger partial charge in [-0.05, 0) is 13.5 Å². The molecule has 1 rings (SSSR count). The summed E-state index contributed by atoms with van der Waals surface area (Å²) in [7, 11) is 3.32. The lowest BCUT2D eigenvalue weighted by Gasteiger charge is -2.45. The van der Waals surface area contributed by atoms with Crippen LogP contribution in [0.5, 0.6) is 0 Å². The van der Waals surface area contributed by atoms with Crippen molar-refractivity contribution in [2.24, 2.45) is 0 Å². The Morgan fingerprint density at radius 1 is 1.54 bits per heavy atom. The Morgan fingerprint density at radius 3 is 2.69 bits per heavy atom. The van der Waals surface area contributed by atoms with Crippen LogP contribution in [0.25, 0.3) is 0 Å². The van der Waals surface area contributed by atoms with Gasteiger partial charge in [0.25, 0.3) is 0 Å². The van der Waals surface area contributed by atoms with Crippen molar-refractivity contribution in [3.8, 4) is 0 Å². The second-order valence-electron chi connectivity index (χ2n) is 3.29. The van der Waals surface area contributed by atoms with Crippen LogP contribution in [0.2, 0.25) is 0 Å². The first-order valence-corrected chi connectivity index (χ1v) is 4.64. The summed E-state index contributed by atoms with van der Waals surface area (Å²) in [5.74, 6) is -0.636. The summed E-state index contributed by atoms with van der Waals surface area (Å²) in [5.41, 5.74) is 0. The zero-order chi connectivity index (χ0) is 9.90. The summed E-state index contributed by atoms with van der Waals surface area (Å²) in [5, 5.41) is 0. The van der Waals surface area contributed by atoms with Crippen molar-refractivity contribution < 1.29 is 14.2 Å². The molecule has 2 unspecified atom stereocenters. The van der Waals surface area contributed by atoms with E-state index in [-0.39, 0.29) is 6.23 Å². The van der Waals surface area contributed by atoms with Gasteiger partial charge in [-0.25, -0.2) is 0 Å². The SMILES string of the molecule is CCN1CCOC(C)(OC)C1OC. The maximum absolute atomic E-state index is 5.56. The Labute approximate surface area is 79.8 Å². The van der Waals surface area contributed by atoms with Gasteiger partial charge >= 0.3 is 0 Å². The third kappa shape index (κ3) is 2.02. The highest BCUT2D eigenvalue weighted by atomic mass is 16.7. The fourth-order valence-corrected chi connectivity index (χ4v) is 1.73. The Morgan fingerprint density at radius 2 is 2.23 bits per heavy atom. The number of rotatable bonds is 3. The van der Waals surface area contributed by atoms with Gasteiger partial charge in [0.1, 0.15) is 0 Å². The molecule has 0 saturated carbocycles. The van der Waals surface area contributed by atoms with Crippen molar-refractivity contribution in [2.75, 3.05) is 33.9 Å². The first-order valence-electron chi connectivity index (χ1n) is 4.64. The minimum absolute atomic E-state index is 0.115. The molecule has 78 valence electrons. The summed E-state index contributed by atoms with van der Waals surface area (Å²) in [6.07, 6.45) is -0.115. The molecule has 4 nitrogen and oxygen atoms in total. The average molecular weight is 189 g/mol. The van der Waals surface area contributed by atoms with Crippen LogP contribution >= 0.6 is 0 Å². The van der Waals surface area contributed by atoms with E-state index in [0.717, 1.165) is 13.1 Å². The second kappa shape index (κ2) is 4.37. The molecule has 0 bridgehead atoms. The molecule has 13 heavy (non-hydrogen) atoms. The van der Waals surface area contributed by atoms with E-state index in [4.69, 9.17) is 14.2 Å². The van der Waals surface area contributed by atoms with Crippen LogP contribution in [0, 0.1) is 0 Å². The van der Waals surface area contributed by atoms with Crippen molar-refractivity contribution in [1.82, 2.24) is 4.90 Å². The van der Waals surface area contributed by atoms with Gasteiger partial charge < -0.3 is 14.2 Å². The Hall–Kier alpha value is -0.160. The van der Waals surface area contributed by atoms with Crippen molar-refractivity contribution in [3.63, 3.8) is 0 Å². The highest BCUT2D eigenvalue weighted by Gasteiger charge is 2.42. The molecule has 0 amide bonds. The predicted octanol–water partition coefficient (Wildman–Crippen LogP) is 0.674. The number of nitrogens with zero attached hydrogens (tertiary/aromatic N) is 1. The summed E-state index contributed by atoms with van der Waals surface area (Å²) >= 11 is 0. The zero-order valence-corrected chi connectivity index (χ0v) is 8.87. The van der Waals surface area contributed by atoms with Crippen molar-refractivity contribution in [2.45, 2.75) is 25.9 Å². The summed E-state index contributed by atoms with van der Waals surface area (Å²) < 4.78 is 16.3. The lowest BCUT2D eigenvalue weighted by Crippen LogP contribution is -2.59. The second-order valence-corrected chi connectivity index (χ2v) is 3.29. The highest BCUT2D eigenvalue weighted by molar-refractivity contribution is 4.80. The summed E-state index contributed by atoms with van der Waals surface area (Å²) in [6.45, 7) is 6.54. The van der Waals surface area contributed by atoms with Crippen molar-refractivity contribution >= 4 is 0 Å². The minimum Gasteiger partial charge on any atom is -0.361 e. The maximum atomic E-state index is 5.56. The first kappa shape index (κ1) is 10.9. The first-order chi connectivity index (χ1) is 6.18. The molecule has 1 aliphatic rings. The Bertz CT molecular complexity index is 165. The highest BCUT2D eigenvalue weighted by Crippen LogP contribution is 2.25. The fourth-order valence-electron chi connectivity index (χ4n) is 1.73. The fraction of sp³-hybridized carbons (Fsp3) is 1.00. The molecule has 0 aromatic rings. The molecule has 1 fully saturated rings. The number of hydrogen-bond donors (Lipinski definition) is 0. The van der Waals surface area contributed by atoms with Crippen molar-refractivity contribution in [1.29, 1.82) is 0 Å². The molecule has 4 heteroatoms. The van der Waals surface area contributed by atoms with Crippen LogP contribution < -0.4 is 0 Å². The number of methoxy groups -OCH3 is 2. The molecule has 1 heterocycles. The van der Waals surface area contributed by atoms with E-state index in [0.29, 0.717) is 6.61 Å². The molecule has 0 spiro atoms. The topological polar surface area (TPSA) is 30.9 Å². The van der Waals surface area contributed by atoms with Gasteiger partial charge in [-0.3, -0.25) is 4.90 Å². The smallest absolute Gasteiger partial charge is 0.205 e. The van der Waals surface area contributed by atoms with Crippen LogP contribution in [0.1, 0.15) is 13.8 Å². The van der Waals surface area contributed by atoms with Gasteiger partial charge in [-0.2, -0.15) is 0 Å². The van der Waals surface area contributed by atoms with E-state index < -0.39 is 5.79 Å². The summed E-state index contributed by atoms with van der Waals surface area (Å²) in [4.78, 5) is 2.20. The van der Waals surface area contributed by atoms with Gasteiger partial charge in [-0.1, -0.05) is 6.92 Å². The molecule has 2 atom stereocenters. The van der Waals surface area contributed by atoms with E-state index in [1.165, 1.54) is 0 Å².